The monoisotopic (exact) mass is 337 g/mol. The zero-order valence-electron chi connectivity index (χ0n) is 13.5. The number of carbonyl (C=O) groups excluding carboxylic acids is 2. The average Bonchev–Trinajstić information content (AvgIpc) is 2.93. The molecule has 6 heteroatoms. The predicted octanol–water partition coefficient (Wildman–Crippen LogP) is 1.66. The molecule has 0 radical (unpaired) electrons. The minimum absolute atomic E-state index is 0. The standard InChI is InChI=1S/C17H23N3O2.ClH/c1-13-11-18-8-10-20(13)17(22)15-6-4-14(5-7-15)12-19-9-2-3-16(19)21;/h4-7,13,18H,2-3,8-12H2,1H3;1H/t13-;/m0./s1. The van der Waals surface area contributed by atoms with Gasteiger partial charge in [-0.15, -0.1) is 12.4 Å². The Morgan fingerprint density at radius 1 is 1.26 bits per heavy atom. The van der Waals surface area contributed by atoms with Gasteiger partial charge in [0.2, 0.25) is 5.91 Å². The van der Waals surface area contributed by atoms with Gasteiger partial charge in [0.1, 0.15) is 0 Å². The van der Waals surface area contributed by atoms with Crippen molar-refractivity contribution in [2.45, 2.75) is 32.4 Å². The smallest absolute Gasteiger partial charge is 0.254 e. The number of halogens is 1. The van der Waals surface area contributed by atoms with Crippen molar-refractivity contribution in [1.29, 1.82) is 0 Å². The second-order valence-corrected chi connectivity index (χ2v) is 6.17. The summed E-state index contributed by atoms with van der Waals surface area (Å²) in [6.45, 7) is 6.02. The summed E-state index contributed by atoms with van der Waals surface area (Å²) in [6.07, 6.45) is 1.62. The molecule has 0 aromatic heterocycles. The Morgan fingerprint density at radius 2 is 2.00 bits per heavy atom. The number of likely N-dealkylation sites (tertiary alicyclic amines) is 1. The number of nitrogens with one attached hydrogen (secondary N) is 1. The van der Waals surface area contributed by atoms with Crippen LogP contribution in [-0.4, -0.2) is 53.8 Å². The van der Waals surface area contributed by atoms with Crippen LogP contribution in [0.4, 0.5) is 0 Å². The molecule has 5 nitrogen and oxygen atoms in total. The summed E-state index contributed by atoms with van der Waals surface area (Å²) in [5, 5.41) is 3.29. The van der Waals surface area contributed by atoms with E-state index in [1.54, 1.807) is 0 Å². The molecule has 2 saturated heterocycles. The van der Waals surface area contributed by atoms with E-state index in [-0.39, 0.29) is 30.3 Å². The molecular weight excluding hydrogens is 314 g/mol. The van der Waals surface area contributed by atoms with E-state index in [0.717, 1.165) is 43.7 Å². The molecule has 1 N–H and O–H groups in total. The quantitative estimate of drug-likeness (QED) is 0.912. The molecular formula is C17H24ClN3O2. The number of nitrogens with zero attached hydrogens (tertiary/aromatic N) is 2. The fraction of sp³-hybridized carbons (Fsp3) is 0.529. The highest BCUT2D eigenvalue weighted by Crippen LogP contribution is 2.16. The fourth-order valence-corrected chi connectivity index (χ4v) is 3.15. The summed E-state index contributed by atoms with van der Waals surface area (Å²) in [6, 6.07) is 7.92. The van der Waals surface area contributed by atoms with Crippen LogP contribution in [0.5, 0.6) is 0 Å². The van der Waals surface area contributed by atoms with Crippen molar-refractivity contribution < 1.29 is 9.59 Å². The van der Waals surface area contributed by atoms with Gasteiger partial charge >= 0.3 is 0 Å². The number of rotatable bonds is 3. The molecule has 0 bridgehead atoms. The van der Waals surface area contributed by atoms with Gasteiger partial charge in [-0.05, 0) is 31.0 Å². The Bertz CT molecular complexity index is 561. The van der Waals surface area contributed by atoms with Gasteiger partial charge in [-0.25, -0.2) is 0 Å². The van der Waals surface area contributed by atoms with Gasteiger partial charge in [-0.1, -0.05) is 12.1 Å². The zero-order chi connectivity index (χ0) is 15.5. The van der Waals surface area contributed by atoms with Crippen molar-refractivity contribution in [3.05, 3.63) is 35.4 Å². The van der Waals surface area contributed by atoms with Gasteiger partial charge < -0.3 is 15.1 Å². The predicted molar refractivity (Wildman–Crippen MR) is 91.7 cm³/mol. The second kappa shape index (κ2) is 7.79. The summed E-state index contributed by atoms with van der Waals surface area (Å²) >= 11 is 0. The Hall–Kier alpha value is -1.59. The average molecular weight is 338 g/mol. The van der Waals surface area contributed by atoms with Gasteiger partial charge in [0.25, 0.3) is 5.91 Å². The van der Waals surface area contributed by atoms with E-state index in [4.69, 9.17) is 0 Å². The van der Waals surface area contributed by atoms with E-state index < -0.39 is 0 Å². The van der Waals surface area contributed by atoms with Crippen molar-refractivity contribution in [2.75, 3.05) is 26.2 Å². The molecule has 2 amide bonds. The van der Waals surface area contributed by atoms with Crippen LogP contribution in [0.15, 0.2) is 24.3 Å². The van der Waals surface area contributed by atoms with Crippen molar-refractivity contribution in [1.82, 2.24) is 15.1 Å². The minimum atomic E-state index is 0. The molecule has 23 heavy (non-hydrogen) atoms. The van der Waals surface area contributed by atoms with E-state index in [2.05, 4.69) is 12.2 Å². The van der Waals surface area contributed by atoms with E-state index in [9.17, 15) is 9.59 Å². The first-order valence-corrected chi connectivity index (χ1v) is 8.03. The van der Waals surface area contributed by atoms with Gasteiger partial charge in [0.05, 0.1) is 0 Å². The van der Waals surface area contributed by atoms with Gasteiger partial charge in [0, 0.05) is 50.7 Å². The summed E-state index contributed by atoms with van der Waals surface area (Å²) in [7, 11) is 0. The Kier molecular flexibility index (Phi) is 6.02. The third-order valence-electron chi connectivity index (χ3n) is 4.51. The van der Waals surface area contributed by atoms with Crippen LogP contribution in [0.3, 0.4) is 0 Å². The molecule has 0 unspecified atom stereocenters. The molecule has 1 atom stereocenters. The van der Waals surface area contributed by atoms with Crippen LogP contribution in [-0.2, 0) is 11.3 Å². The molecule has 0 aliphatic carbocycles. The molecule has 0 spiro atoms. The number of piperazine rings is 1. The van der Waals surface area contributed by atoms with E-state index >= 15 is 0 Å². The van der Waals surface area contributed by atoms with Crippen LogP contribution in [0.25, 0.3) is 0 Å². The highest BCUT2D eigenvalue weighted by Gasteiger charge is 2.24. The molecule has 126 valence electrons. The lowest BCUT2D eigenvalue weighted by Gasteiger charge is -2.34. The molecule has 1 aromatic rings. The lowest BCUT2D eigenvalue weighted by molar-refractivity contribution is -0.128. The van der Waals surface area contributed by atoms with Crippen molar-refractivity contribution >= 4 is 24.2 Å². The first-order valence-electron chi connectivity index (χ1n) is 8.03. The van der Waals surface area contributed by atoms with E-state index in [0.29, 0.717) is 13.0 Å². The molecule has 2 aliphatic rings. The van der Waals surface area contributed by atoms with Crippen molar-refractivity contribution in [3.63, 3.8) is 0 Å². The Morgan fingerprint density at radius 3 is 2.61 bits per heavy atom. The lowest BCUT2D eigenvalue weighted by atomic mass is 10.1. The Balaban J connectivity index is 0.00000192. The SMILES string of the molecule is C[C@H]1CNCCN1C(=O)c1ccc(CN2CCCC2=O)cc1.Cl. The normalized spacial score (nSPS) is 21.3. The molecule has 1 aromatic carbocycles. The van der Waals surface area contributed by atoms with Crippen molar-refractivity contribution in [2.24, 2.45) is 0 Å². The summed E-state index contributed by atoms with van der Waals surface area (Å²) in [5.41, 5.74) is 1.81. The summed E-state index contributed by atoms with van der Waals surface area (Å²) < 4.78 is 0. The topological polar surface area (TPSA) is 52.7 Å². The van der Waals surface area contributed by atoms with Crippen molar-refractivity contribution in [3.8, 4) is 0 Å². The first kappa shape index (κ1) is 17.8. The maximum atomic E-state index is 12.6. The van der Waals surface area contributed by atoms with Crippen LogP contribution in [0.1, 0.15) is 35.7 Å². The maximum absolute atomic E-state index is 12.6. The van der Waals surface area contributed by atoms with E-state index in [1.807, 2.05) is 34.1 Å². The molecule has 2 aliphatic heterocycles. The Labute approximate surface area is 143 Å². The molecule has 0 saturated carbocycles. The highest BCUT2D eigenvalue weighted by molar-refractivity contribution is 5.94. The largest absolute Gasteiger partial charge is 0.338 e. The number of hydrogen-bond donors (Lipinski definition) is 1. The molecule has 2 heterocycles. The first-order chi connectivity index (χ1) is 10.6. The number of amides is 2. The minimum Gasteiger partial charge on any atom is -0.338 e. The number of benzene rings is 1. The van der Waals surface area contributed by atoms with Crippen LogP contribution in [0, 0.1) is 0 Å². The lowest BCUT2D eigenvalue weighted by Crippen LogP contribution is -2.52. The van der Waals surface area contributed by atoms with Gasteiger partial charge in [-0.2, -0.15) is 0 Å². The fourth-order valence-electron chi connectivity index (χ4n) is 3.15. The summed E-state index contributed by atoms with van der Waals surface area (Å²) in [4.78, 5) is 28.0. The number of carbonyl (C=O) groups is 2. The third-order valence-corrected chi connectivity index (χ3v) is 4.51. The van der Waals surface area contributed by atoms with Gasteiger partial charge in [0.15, 0.2) is 0 Å². The zero-order valence-corrected chi connectivity index (χ0v) is 14.3. The van der Waals surface area contributed by atoms with Gasteiger partial charge in [-0.3, -0.25) is 9.59 Å². The molecule has 3 rings (SSSR count). The highest BCUT2D eigenvalue weighted by atomic mass is 35.5. The van der Waals surface area contributed by atoms with E-state index in [1.165, 1.54) is 0 Å². The summed E-state index contributed by atoms with van der Waals surface area (Å²) in [5.74, 6) is 0.326. The maximum Gasteiger partial charge on any atom is 0.254 e. The number of hydrogen-bond acceptors (Lipinski definition) is 3. The second-order valence-electron chi connectivity index (χ2n) is 6.17. The van der Waals surface area contributed by atoms with Crippen LogP contribution in [0.2, 0.25) is 0 Å². The van der Waals surface area contributed by atoms with Crippen LogP contribution < -0.4 is 5.32 Å². The molecule has 2 fully saturated rings. The van der Waals surface area contributed by atoms with Crippen LogP contribution >= 0.6 is 12.4 Å². The third kappa shape index (κ3) is 4.03.